The number of nitro groups is 1. The zero-order valence-electron chi connectivity index (χ0n) is 14.0. The number of nitrogens with one attached hydrogen (secondary N) is 1. The Bertz CT molecular complexity index is 1080. The van der Waals surface area contributed by atoms with E-state index in [1.54, 1.807) is 54.6 Å². The number of non-ortho nitro benzene ring substituents is 1. The van der Waals surface area contributed by atoms with Crippen LogP contribution in [0.3, 0.4) is 0 Å². The fourth-order valence-corrected chi connectivity index (χ4v) is 3.40. The highest BCUT2D eigenvalue weighted by Gasteiger charge is 2.15. The SMILES string of the molecule is O=[N+]([O-])c1ccc(C=Nc2ccccc2NS(=O)(=O)c2ccccc2)cc1. The van der Waals surface area contributed by atoms with Crippen molar-refractivity contribution >= 4 is 33.3 Å². The lowest BCUT2D eigenvalue weighted by Crippen LogP contribution is -2.12. The molecule has 0 unspecified atom stereocenters. The maximum atomic E-state index is 12.5. The molecule has 7 nitrogen and oxygen atoms in total. The molecular weight excluding hydrogens is 366 g/mol. The molecule has 0 amide bonds. The van der Waals surface area contributed by atoms with Gasteiger partial charge in [-0.1, -0.05) is 30.3 Å². The van der Waals surface area contributed by atoms with Crippen LogP contribution >= 0.6 is 0 Å². The van der Waals surface area contributed by atoms with Crippen LogP contribution in [0.5, 0.6) is 0 Å². The van der Waals surface area contributed by atoms with E-state index in [1.165, 1.54) is 30.5 Å². The van der Waals surface area contributed by atoms with Gasteiger partial charge in [-0.25, -0.2) is 8.42 Å². The van der Waals surface area contributed by atoms with Crippen LogP contribution in [-0.2, 0) is 10.0 Å². The van der Waals surface area contributed by atoms with Gasteiger partial charge in [0.1, 0.15) is 0 Å². The maximum Gasteiger partial charge on any atom is 0.269 e. The van der Waals surface area contributed by atoms with E-state index >= 15 is 0 Å². The van der Waals surface area contributed by atoms with E-state index in [9.17, 15) is 18.5 Å². The molecule has 0 fully saturated rings. The summed E-state index contributed by atoms with van der Waals surface area (Å²) in [6.45, 7) is 0. The van der Waals surface area contributed by atoms with Crippen molar-refractivity contribution in [1.82, 2.24) is 0 Å². The van der Waals surface area contributed by atoms with Crippen molar-refractivity contribution in [2.75, 3.05) is 4.72 Å². The number of rotatable bonds is 6. The van der Waals surface area contributed by atoms with Crippen LogP contribution in [-0.4, -0.2) is 19.6 Å². The fourth-order valence-electron chi connectivity index (χ4n) is 2.30. The molecule has 1 N–H and O–H groups in total. The van der Waals surface area contributed by atoms with Crippen molar-refractivity contribution in [3.63, 3.8) is 0 Å². The smallest absolute Gasteiger partial charge is 0.269 e. The molecule has 0 spiro atoms. The van der Waals surface area contributed by atoms with Gasteiger partial charge in [-0.3, -0.25) is 19.8 Å². The zero-order valence-corrected chi connectivity index (χ0v) is 14.8. The summed E-state index contributed by atoms with van der Waals surface area (Å²) >= 11 is 0. The number of para-hydroxylation sites is 2. The number of aliphatic imine (C=N–C) groups is 1. The number of benzene rings is 3. The van der Waals surface area contributed by atoms with E-state index in [2.05, 4.69) is 9.71 Å². The molecule has 3 rings (SSSR count). The van der Waals surface area contributed by atoms with E-state index in [-0.39, 0.29) is 10.6 Å². The van der Waals surface area contributed by atoms with E-state index in [0.29, 0.717) is 16.9 Å². The summed E-state index contributed by atoms with van der Waals surface area (Å²) in [5, 5.41) is 10.7. The standard InChI is InChI=1S/C19H15N3O4S/c23-22(24)16-12-10-15(11-13-16)14-20-18-8-4-5-9-19(18)21-27(25,26)17-6-2-1-3-7-17/h1-14,21H. The molecule has 0 aromatic heterocycles. The number of sulfonamides is 1. The predicted octanol–water partition coefficient (Wildman–Crippen LogP) is 4.15. The molecule has 0 saturated heterocycles. The van der Waals surface area contributed by atoms with Gasteiger partial charge in [0.25, 0.3) is 15.7 Å². The summed E-state index contributed by atoms with van der Waals surface area (Å²) in [7, 11) is -3.73. The average Bonchev–Trinajstić information content (AvgIpc) is 2.68. The van der Waals surface area contributed by atoms with Crippen molar-refractivity contribution in [2.24, 2.45) is 4.99 Å². The molecule has 0 atom stereocenters. The van der Waals surface area contributed by atoms with Crippen molar-refractivity contribution in [3.8, 4) is 0 Å². The number of hydrogen-bond acceptors (Lipinski definition) is 5. The van der Waals surface area contributed by atoms with Crippen LogP contribution in [0.1, 0.15) is 5.56 Å². The van der Waals surface area contributed by atoms with Gasteiger partial charge in [0.2, 0.25) is 0 Å². The summed E-state index contributed by atoms with van der Waals surface area (Å²) in [6.07, 6.45) is 1.51. The average molecular weight is 381 g/mol. The zero-order chi connectivity index (χ0) is 19.3. The Morgan fingerprint density at radius 2 is 1.52 bits per heavy atom. The monoisotopic (exact) mass is 381 g/mol. The van der Waals surface area contributed by atoms with Crippen LogP contribution < -0.4 is 4.72 Å². The molecule has 27 heavy (non-hydrogen) atoms. The van der Waals surface area contributed by atoms with Crippen molar-refractivity contribution in [3.05, 3.63) is 94.5 Å². The highest BCUT2D eigenvalue weighted by molar-refractivity contribution is 7.92. The Balaban J connectivity index is 1.85. The minimum Gasteiger partial charge on any atom is -0.277 e. The highest BCUT2D eigenvalue weighted by atomic mass is 32.2. The van der Waals surface area contributed by atoms with Gasteiger partial charge in [-0.2, -0.15) is 0 Å². The number of nitrogens with zero attached hydrogens (tertiary/aromatic N) is 2. The van der Waals surface area contributed by atoms with Gasteiger partial charge in [-0.15, -0.1) is 0 Å². The molecule has 136 valence electrons. The largest absolute Gasteiger partial charge is 0.277 e. The maximum absolute atomic E-state index is 12.5. The second kappa shape index (κ2) is 7.79. The Labute approximate surface area is 156 Å². The van der Waals surface area contributed by atoms with Gasteiger partial charge in [-0.05, 0) is 42.0 Å². The van der Waals surface area contributed by atoms with E-state index in [4.69, 9.17) is 0 Å². The summed E-state index contributed by atoms with van der Waals surface area (Å²) in [5.74, 6) is 0. The van der Waals surface area contributed by atoms with Gasteiger partial charge in [0.05, 0.1) is 21.2 Å². The molecule has 0 aliphatic rings. The third kappa shape index (κ3) is 4.56. The van der Waals surface area contributed by atoms with Gasteiger partial charge < -0.3 is 0 Å². The van der Waals surface area contributed by atoms with E-state index in [1.807, 2.05) is 0 Å². The van der Waals surface area contributed by atoms with E-state index in [0.717, 1.165) is 0 Å². The molecule has 0 bridgehead atoms. The first kappa shape index (κ1) is 18.3. The first-order chi connectivity index (χ1) is 13.0. The molecule has 3 aromatic carbocycles. The molecule has 0 radical (unpaired) electrons. The van der Waals surface area contributed by atoms with Gasteiger partial charge in [0.15, 0.2) is 0 Å². The van der Waals surface area contributed by atoms with Crippen LogP contribution in [0.15, 0.2) is 88.8 Å². The molecule has 0 saturated carbocycles. The number of nitro benzene ring substituents is 1. The molecule has 3 aromatic rings. The lowest BCUT2D eigenvalue weighted by atomic mass is 10.2. The third-order valence-corrected chi connectivity index (χ3v) is 5.04. The molecule has 0 aliphatic heterocycles. The van der Waals surface area contributed by atoms with Gasteiger partial charge >= 0.3 is 0 Å². The molecular formula is C19H15N3O4S. The second-order valence-electron chi connectivity index (χ2n) is 5.54. The summed E-state index contributed by atoms with van der Waals surface area (Å²) in [4.78, 5) is 14.7. The van der Waals surface area contributed by atoms with Crippen molar-refractivity contribution in [2.45, 2.75) is 4.90 Å². The Morgan fingerprint density at radius 1 is 0.889 bits per heavy atom. The first-order valence-electron chi connectivity index (χ1n) is 7.91. The lowest BCUT2D eigenvalue weighted by molar-refractivity contribution is -0.384. The molecule has 0 aliphatic carbocycles. The summed E-state index contributed by atoms with van der Waals surface area (Å²) in [6, 6.07) is 20.7. The van der Waals surface area contributed by atoms with E-state index < -0.39 is 14.9 Å². The first-order valence-corrected chi connectivity index (χ1v) is 9.39. The topological polar surface area (TPSA) is 102 Å². The quantitative estimate of drug-likeness (QED) is 0.394. The normalized spacial score (nSPS) is 11.4. The summed E-state index contributed by atoms with van der Waals surface area (Å²) < 4.78 is 27.5. The van der Waals surface area contributed by atoms with Crippen LogP contribution in [0.25, 0.3) is 0 Å². The minimum atomic E-state index is -3.73. The Hall–Kier alpha value is -3.52. The number of hydrogen-bond donors (Lipinski definition) is 1. The minimum absolute atomic E-state index is 0.0110. The van der Waals surface area contributed by atoms with Crippen molar-refractivity contribution in [1.29, 1.82) is 0 Å². The van der Waals surface area contributed by atoms with Crippen LogP contribution in [0.4, 0.5) is 17.1 Å². The Morgan fingerprint density at radius 3 is 2.19 bits per heavy atom. The fraction of sp³-hybridized carbons (Fsp3) is 0. The van der Waals surface area contributed by atoms with Crippen molar-refractivity contribution < 1.29 is 13.3 Å². The Kier molecular flexibility index (Phi) is 5.28. The summed E-state index contributed by atoms with van der Waals surface area (Å²) in [5.41, 5.74) is 1.40. The van der Waals surface area contributed by atoms with Crippen LogP contribution in [0.2, 0.25) is 0 Å². The van der Waals surface area contributed by atoms with Gasteiger partial charge in [0, 0.05) is 18.3 Å². The predicted molar refractivity (Wildman–Crippen MR) is 104 cm³/mol. The second-order valence-corrected chi connectivity index (χ2v) is 7.22. The third-order valence-electron chi connectivity index (χ3n) is 3.66. The highest BCUT2D eigenvalue weighted by Crippen LogP contribution is 2.27. The number of anilines is 1. The molecule has 8 heteroatoms. The molecule has 0 heterocycles. The van der Waals surface area contributed by atoms with Crippen LogP contribution in [0, 0.1) is 10.1 Å². The lowest BCUT2D eigenvalue weighted by Gasteiger charge is -2.10.